The van der Waals surface area contributed by atoms with Crippen molar-refractivity contribution in [2.45, 2.75) is 30.7 Å². The van der Waals surface area contributed by atoms with Crippen molar-refractivity contribution in [2.24, 2.45) is 0 Å². The van der Waals surface area contributed by atoms with E-state index >= 15 is 0 Å². The summed E-state index contributed by atoms with van der Waals surface area (Å²) in [4.78, 5) is 28.3. The van der Waals surface area contributed by atoms with Gasteiger partial charge >= 0.3 is 0 Å². The molecule has 1 aromatic carbocycles. The first-order valence-corrected chi connectivity index (χ1v) is 8.92. The van der Waals surface area contributed by atoms with Gasteiger partial charge in [0.05, 0.1) is 16.2 Å². The molecule has 1 N–H and O–H groups in total. The molecular weight excluding hydrogens is 334 g/mol. The number of fused-ring (bicyclic) bond motifs is 1. The maximum atomic E-state index is 12.8. The zero-order valence-electron chi connectivity index (χ0n) is 13.4. The number of hydrogen-bond donors (Lipinski definition) is 1. The molecular formula is C16H20ClN3O2S. The van der Waals surface area contributed by atoms with E-state index in [2.05, 4.69) is 5.32 Å². The number of benzene rings is 1. The number of halogens is 1. The summed E-state index contributed by atoms with van der Waals surface area (Å²) >= 11 is 7.75. The molecule has 0 spiro atoms. The maximum absolute atomic E-state index is 12.8. The lowest BCUT2D eigenvalue weighted by molar-refractivity contribution is -0.135. The van der Waals surface area contributed by atoms with Crippen LogP contribution in [-0.2, 0) is 9.59 Å². The van der Waals surface area contributed by atoms with Crippen molar-refractivity contribution in [1.29, 1.82) is 0 Å². The lowest BCUT2D eigenvalue weighted by atomic mass is 10.2. The van der Waals surface area contributed by atoms with Crippen LogP contribution in [0.2, 0.25) is 5.02 Å². The van der Waals surface area contributed by atoms with Crippen molar-refractivity contribution in [3.8, 4) is 0 Å². The molecule has 2 heterocycles. The molecule has 124 valence electrons. The Bertz CT molecular complexity index is 667. The van der Waals surface area contributed by atoms with Crippen LogP contribution in [0.25, 0.3) is 0 Å². The van der Waals surface area contributed by atoms with Crippen molar-refractivity contribution < 1.29 is 9.59 Å². The number of hydrogen-bond acceptors (Lipinski definition) is 4. The number of thioether (sulfide) groups is 1. The Morgan fingerprint density at radius 1 is 1.48 bits per heavy atom. The van der Waals surface area contributed by atoms with Crippen molar-refractivity contribution >= 4 is 46.6 Å². The van der Waals surface area contributed by atoms with Crippen LogP contribution < -0.4 is 10.2 Å². The van der Waals surface area contributed by atoms with E-state index in [0.29, 0.717) is 22.9 Å². The highest BCUT2D eigenvalue weighted by atomic mass is 35.5. The van der Waals surface area contributed by atoms with E-state index in [0.717, 1.165) is 12.1 Å². The van der Waals surface area contributed by atoms with Gasteiger partial charge in [0.15, 0.2) is 0 Å². The Morgan fingerprint density at radius 2 is 2.22 bits per heavy atom. The van der Waals surface area contributed by atoms with Crippen LogP contribution in [0.4, 0.5) is 11.4 Å². The minimum absolute atomic E-state index is 0.0663. The second kappa shape index (κ2) is 5.91. The number of rotatable bonds is 3. The molecule has 3 rings (SSSR count). The molecule has 2 saturated heterocycles. The summed E-state index contributed by atoms with van der Waals surface area (Å²) < 4.78 is 0. The van der Waals surface area contributed by atoms with Crippen molar-refractivity contribution in [2.75, 3.05) is 30.1 Å². The highest BCUT2D eigenvalue weighted by Crippen LogP contribution is 2.47. The van der Waals surface area contributed by atoms with Gasteiger partial charge in [-0.15, -0.1) is 11.8 Å². The summed E-state index contributed by atoms with van der Waals surface area (Å²) in [7, 11) is 3.82. The average Bonchev–Trinajstić information content (AvgIpc) is 2.96. The molecule has 23 heavy (non-hydrogen) atoms. The molecule has 0 aliphatic carbocycles. The van der Waals surface area contributed by atoms with E-state index in [9.17, 15) is 9.59 Å². The van der Waals surface area contributed by atoms with Gasteiger partial charge in [-0.25, -0.2) is 0 Å². The van der Waals surface area contributed by atoms with Gasteiger partial charge in [0, 0.05) is 31.3 Å². The lowest BCUT2D eigenvalue weighted by Gasteiger charge is -2.30. The summed E-state index contributed by atoms with van der Waals surface area (Å²) in [5.41, 5.74) is 1.54. The second-order valence-corrected chi connectivity index (χ2v) is 8.25. The van der Waals surface area contributed by atoms with Gasteiger partial charge in [0.25, 0.3) is 0 Å². The molecule has 0 aromatic heterocycles. The fraction of sp³-hybridized carbons (Fsp3) is 0.500. The summed E-state index contributed by atoms with van der Waals surface area (Å²) in [5.74, 6) is 0.546. The second-order valence-electron chi connectivity index (χ2n) is 6.31. The Hall–Kier alpha value is -1.40. The fourth-order valence-electron chi connectivity index (χ4n) is 3.23. The van der Waals surface area contributed by atoms with E-state index in [-0.39, 0.29) is 16.7 Å². The van der Waals surface area contributed by atoms with Gasteiger partial charge in [-0.3, -0.25) is 9.59 Å². The first-order valence-electron chi connectivity index (χ1n) is 7.56. The van der Waals surface area contributed by atoms with E-state index in [1.54, 1.807) is 28.8 Å². The minimum atomic E-state index is -0.422. The first-order chi connectivity index (χ1) is 10.8. The molecule has 0 radical (unpaired) electrons. The Morgan fingerprint density at radius 3 is 2.91 bits per heavy atom. The molecule has 2 fully saturated rings. The van der Waals surface area contributed by atoms with Gasteiger partial charge in [0.2, 0.25) is 11.8 Å². The van der Waals surface area contributed by atoms with Gasteiger partial charge in [-0.1, -0.05) is 11.6 Å². The normalized spacial score (nSPS) is 26.3. The number of anilines is 2. The van der Waals surface area contributed by atoms with Gasteiger partial charge in [-0.2, -0.15) is 0 Å². The van der Waals surface area contributed by atoms with Gasteiger partial charge < -0.3 is 15.1 Å². The summed E-state index contributed by atoms with van der Waals surface area (Å²) in [6, 6.07) is 4.97. The van der Waals surface area contributed by atoms with E-state index in [1.807, 2.05) is 32.0 Å². The molecule has 2 amide bonds. The molecule has 1 aromatic rings. The van der Waals surface area contributed by atoms with Crippen molar-refractivity contribution in [3.05, 3.63) is 23.2 Å². The number of nitrogens with zero attached hydrogens (tertiary/aromatic N) is 2. The predicted octanol–water partition coefficient (Wildman–Crippen LogP) is 2.80. The standard InChI is InChI=1S/C16H20ClN3O2S/c1-16-7-6-14(21)20(16)13(9-23-16)15(22)18-11-8-10(17)4-5-12(11)19(2)3/h4-5,8,13H,6-7,9H2,1-3H3,(H,18,22). The smallest absolute Gasteiger partial charge is 0.248 e. The third-order valence-electron chi connectivity index (χ3n) is 4.45. The molecule has 2 atom stereocenters. The third-order valence-corrected chi connectivity index (χ3v) is 6.19. The molecule has 2 unspecified atom stereocenters. The van der Waals surface area contributed by atoms with Crippen LogP contribution in [0.5, 0.6) is 0 Å². The molecule has 7 heteroatoms. The summed E-state index contributed by atoms with van der Waals surface area (Å²) in [6.45, 7) is 2.04. The number of carbonyl (C=O) groups excluding carboxylic acids is 2. The highest BCUT2D eigenvalue weighted by Gasteiger charge is 2.52. The first kappa shape index (κ1) is 16.5. The Balaban J connectivity index is 1.83. The zero-order valence-corrected chi connectivity index (χ0v) is 15.0. The molecule has 2 aliphatic heterocycles. The zero-order chi connectivity index (χ0) is 16.8. The number of nitrogens with one attached hydrogen (secondary N) is 1. The molecule has 0 saturated carbocycles. The summed E-state index contributed by atoms with van der Waals surface area (Å²) in [6.07, 6.45) is 1.33. The van der Waals surface area contributed by atoms with E-state index < -0.39 is 6.04 Å². The number of amides is 2. The van der Waals surface area contributed by atoms with Crippen LogP contribution in [0, 0.1) is 0 Å². The van der Waals surface area contributed by atoms with E-state index in [4.69, 9.17) is 11.6 Å². The summed E-state index contributed by atoms with van der Waals surface area (Å²) in [5, 5.41) is 3.52. The average molecular weight is 354 g/mol. The molecule has 0 bridgehead atoms. The fourth-order valence-corrected chi connectivity index (χ4v) is 4.83. The molecule has 5 nitrogen and oxygen atoms in total. The van der Waals surface area contributed by atoms with Gasteiger partial charge in [-0.05, 0) is 31.5 Å². The van der Waals surface area contributed by atoms with Crippen molar-refractivity contribution in [1.82, 2.24) is 4.90 Å². The number of carbonyl (C=O) groups is 2. The lowest BCUT2D eigenvalue weighted by Crippen LogP contribution is -2.48. The highest BCUT2D eigenvalue weighted by molar-refractivity contribution is 8.01. The van der Waals surface area contributed by atoms with Crippen LogP contribution in [0.1, 0.15) is 19.8 Å². The Kier molecular flexibility index (Phi) is 4.23. The van der Waals surface area contributed by atoms with Crippen LogP contribution >= 0.6 is 23.4 Å². The maximum Gasteiger partial charge on any atom is 0.248 e. The van der Waals surface area contributed by atoms with Crippen molar-refractivity contribution in [3.63, 3.8) is 0 Å². The van der Waals surface area contributed by atoms with Crippen LogP contribution in [-0.4, -0.2) is 47.5 Å². The third kappa shape index (κ3) is 2.90. The van der Waals surface area contributed by atoms with Gasteiger partial charge in [0.1, 0.15) is 6.04 Å². The minimum Gasteiger partial charge on any atom is -0.376 e. The van der Waals surface area contributed by atoms with Crippen LogP contribution in [0.15, 0.2) is 18.2 Å². The monoisotopic (exact) mass is 353 g/mol. The Labute approximate surface area is 145 Å². The molecule has 2 aliphatic rings. The van der Waals surface area contributed by atoms with E-state index in [1.165, 1.54) is 0 Å². The largest absolute Gasteiger partial charge is 0.376 e. The topological polar surface area (TPSA) is 52.7 Å². The van der Waals surface area contributed by atoms with Crippen LogP contribution in [0.3, 0.4) is 0 Å². The predicted molar refractivity (Wildman–Crippen MR) is 95.1 cm³/mol. The quantitative estimate of drug-likeness (QED) is 0.907. The SMILES string of the molecule is CN(C)c1ccc(Cl)cc1NC(=O)C1CSC2(C)CCC(=O)N12.